The van der Waals surface area contributed by atoms with E-state index in [4.69, 9.17) is 5.11 Å². The summed E-state index contributed by atoms with van der Waals surface area (Å²) in [6, 6.07) is 0. The molecule has 0 radical (unpaired) electrons. The van der Waals surface area contributed by atoms with Crippen LogP contribution in [0.15, 0.2) is 6.33 Å². The Balaban J connectivity index is 2.41. The number of aromatic carboxylic acids is 1. The minimum absolute atomic E-state index is 0.187. The Morgan fingerprint density at radius 2 is 2.38 bits per heavy atom. The van der Waals surface area contributed by atoms with E-state index in [1.807, 2.05) is 11.6 Å². The van der Waals surface area contributed by atoms with Crippen molar-refractivity contribution < 1.29 is 9.90 Å². The van der Waals surface area contributed by atoms with Crippen LogP contribution in [-0.4, -0.2) is 39.1 Å². The van der Waals surface area contributed by atoms with Crippen molar-refractivity contribution in [1.82, 2.24) is 14.5 Å². The van der Waals surface area contributed by atoms with E-state index in [1.54, 1.807) is 6.33 Å². The fourth-order valence-corrected chi connectivity index (χ4v) is 1.56. The summed E-state index contributed by atoms with van der Waals surface area (Å²) in [4.78, 5) is 16.7. The highest BCUT2D eigenvalue weighted by atomic mass is 16.4. The fraction of sp³-hybridized carbons (Fsp3) is 0.500. The van der Waals surface area contributed by atoms with Gasteiger partial charge in [0.15, 0.2) is 5.69 Å². The highest BCUT2D eigenvalue weighted by molar-refractivity contribution is 5.86. The Bertz CT molecular complexity index is 345. The highest BCUT2D eigenvalue weighted by Gasteiger charge is 2.21. The zero-order valence-corrected chi connectivity index (χ0v) is 7.40. The molecule has 5 heteroatoms. The first-order chi connectivity index (χ1) is 6.18. The summed E-state index contributed by atoms with van der Waals surface area (Å²) in [6.07, 6.45) is 1.60. The van der Waals surface area contributed by atoms with Crippen molar-refractivity contribution >= 4 is 5.97 Å². The molecular weight excluding hydrogens is 170 g/mol. The summed E-state index contributed by atoms with van der Waals surface area (Å²) in [5.74, 6) is -0.941. The molecule has 0 spiro atoms. The first-order valence-corrected chi connectivity index (χ1v) is 4.14. The van der Waals surface area contributed by atoms with Crippen LogP contribution < -0.4 is 0 Å². The lowest BCUT2D eigenvalue weighted by atomic mass is 10.2. The zero-order valence-electron chi connectivity index (χ0n) is 7.40. The maximum Gasteiger partial charge on any atom is 0.356 e. The van der Waals surface area contributed by atoms with Gasteiger partial charge in [-0.3, -0.25) is 4.90 Å². The van der Waals surface area contributed by atoms with Crippen LogP contribution >= 0.6 is 0 Å². The van der Waals surface area contributed by atoms with Gasteiger partial charge < -0.3 is 9.67 Å². The van der Waals surface area contributed by atoms with E-state index in [2.05, 4.69) is 9.88 Å². The van der Waals surface area contributed by atoms with Crippen molar-refractivity contribution in [1.29, 1.82) is 0 Å². The molecular formula is C8H11N3O2. The molecule has 1 N–H and O–H groups in total. The number of imidazole rings is 1. The van der Waals surface area contributed by atoms with Gasteiger partial charge in [0.1, 0.15) is 0 Å². The second-order valence-corrected chi connectivity index (χ2v) is 3.28. The summed E-state index contributed by atoms with van der Waals surface area (Å²) in [6.45, 7) is 2.44. The van der Waals surface area contributed by atoms with Crippen molar-refractivity contribution in [3.8, 4) is 0 Å². The summed E-state index contributed by atoms with van der Waals surface area (Å²) in [7, 11) is 1.97. The van der Waals surface area contributed by atoms with Crippen molar-refractivity contribution in [3.63, 3.8) is 0 Å². The van der Waals surface area contributed by atoms with Gasteiger partial charge in [-0.2, -0.15) is 0 Å². The maximum atomic E-state index is 10.7. The number of nitrogens with zero attached hydrogens (tertiary/aromatic N) is 3. The van der Waals surface area contributed by atoms with Crippen LogP contribution in [0.25, 0.3) is 0 Å². The third kappa shape index (κ3) is 1.31. The van der Waals surface area contributed by atoms with Crippen LogP contribution in [0, 0.1) is 0 Å². The lowest BCUT2D eigenvalue weighted by Gasteiger charge is -2.24. The molecule has 0 saturated carbocycles. The van der Waals surface area contributed by atoms with Gasteiger partial charge in [0, 0.05) is 19.6 Å². The number of rotatable bonds is 1. The molecule has 0 unspecified atom stereocenters. The molecule has 0 atom stereocenters. The first-order valence-electron chi connectivity index (χ1n) is 4.14. The quantitative estimate of drug-likeness (QED) is 0.664. The lowest BCUT2D eigenvalue weighted by Crippen LogP contribution is -2.30. The molecule has 0 bridgehead atoms. The Morgan fingerprint density at radius 1 is 1.62 bits per heavy atom. The van der Waals surface area contributed by atoms with Crippen LogP contribution in [0.1, 0.15) is 16.2 Å². The molecule has 0 aromatic carbocycles. The van der Waals surface area contributed by atoms with Crippen molar-refractivity contribution in [2.24, 2.45) is 0 Å². The third-order valence-corrected chi connectivity index (χ3v) is 2.29. The molecule has 2 heterocycles. The molecule has 0 fully saturated rings. The summed E-state index contributed by atoms with van der Waals surface area (Å²) in [5, 5.41) is 8.82. The molecule has 0 aliphatic carbocycles. The van der Waals surface area contributed by atoms with Crippen LogP contribution in [0.2, 0.25) is 0 Å². The SMILES string of the molecule is CN1CCn2cnc(C(=O)O)c2C1. The molecule has 1 aromatic heterocycles. The van der Waals surface area contributed by atoms with E-state index in [1.165, 1.54) is 0 Å². The molecule has 70 valence electrons. The van der Waals surface area contributed by atoms with E-state index >= 15 is 0 Å². The standard InChI is InChI=1S/C8H11N3O2/c1-10-2-3-11-5-9-7(8(12)13)6(11)4-10/h5H,2-4H2,1H3,(H,12,13). The predicted octanol–water partition coefficient (Wildman–Crippen LogP) is 0.0267. The highest BCUT2D eigenvalue weighted by Crippen LogP contribution is 2.14. The van der Waals surface area contributed by atoms with Crippen molar-refractivity contribution in [2.45, 2.75) is 13.1 Å². The predicted molar refractivity (Wildman–Crippen MR) is 45.5 cm³/mol. The van der Waals surface area contributed by atoms with Gasteiger partial charge in [0.2, 0.25) is 0 Å². The molecule has 1 aliphatic heterocycles. The van der Waals surface area contributed by atoms with Gasteiger partial charge in [0.05, 0.1) is 12.0 Å². The average molecular weight is 181 g/mol. The number of hydrogen-bond acceptors (Lipinski definition) is 3. The second-order valence-electron chi connectivity index (χ2n) is 3.28. The number of carboxylic acid groups (broad SMARTS) is 1. The third-order valence-electron chi connectivity index (χ3n) is 2.29. The number of carbonyl (C=O) groups is 1. The number of hydrogen-bond donors (Lipinski definition) is 1. The number of fused-ring (bicyclic) bond motifs is 1. The van der Waals surface area contributed by atoms with Gasteiger partial charge in [-0.05, 0) is 7.05 Å². The van der Waals surface area contributed by atoms with Crippen LogP contribution in [-0.2, 0) is 13.1 Å². The minimum atomic E-state index is -0.941. The van der Waals surface area contributed by atoms with Gasteiger partial charge in [-0.1, -0.05) is 0 Å². The van der Waals surface area contributed by atoms with E-state index in [-0.39, 0.29) is 5.69 Å². The Kier molecular flexibility index (Phi) is 1.81. The maximum absolute atomic E-state index is 10.7. The van der Waals surface area contributed by atoms with Gasteiger partial charge >= 0.3 is 5.97 Å². The largest absolute Gasteiger partial charge is 0.476 e. The zero-order chi connectivity index (χ0) is 9.42. The Labute approximate surface area is 75.6 Å². The number of carboxylic acids is 1. The van der Waals surface area contributed by atoms with Crippen molar-refractivity contribution in [3.05, 3.63) is 17.7 Å². The summed E-state index contributed by atoms with van der Waals surface area (Å²) >= 11 is 0. The Morgan fingerprint density at radius 3 is 3.08 bits per heavy atom. The van der Waals surface area contributed by atoms with Gasteiger partial charge in [0.25, 0.3) is 0 Å². The molecule has 2 rings (SSSR count). The minimum Gasteiger partial charge on any atom is -0.476 e. The number of aromatic nitrogens is 2. The lowest BCUT2D eigenvalue weighted by molar-refractivity contribution is 0.0687. The van der Waals surface area contributed by atoms with E-state index in [0.29, 0.717) is 6.54 Å². The molecule has 13 heavy (non-hydrogen) atoms. The normalized spacial score (nSPS) is 17.0. The molecule has 5 nitrogen and oxygen atoms in total. The smallest absolute Gasteiger partial charge is 0.356 e. The average Bonchev–Trinajstić information content (AvgIpc) is 2.46. The van der Waals surface area contributed by atoms with E-state index in [0.717, 1.165) is 18.8 Å². The Hall–Kier alpha value is -1.36. The topological polar surface area (TPSA) is 58.4 Å². The van der Waals surface area contributed by atoms with Crippen LogP contribution in [0.3, 0.4) is 0 Å². The first kappa shape index (κ1) is 8.25. The monoisotopic (exact) mass is 181 g/mol. The number of likely N-dealkylation sites (N-methyl/N-ethyl adjacent to an activating group) is 1. The van der Waals surface area contributed by atoms with Crippen molar-refractivity contribution in [2.75, 3.05) is 13.6 Å². The summed E-state index contributed by atoms with van der Waals surface area (Å²) in [5.41, 5.74) is 0.993. The summed E-state index contributed by atoms with van der Waals surface area (Å²) < 4.78 is 1.91. The van der Waals surface area contributed by atoms with E-state index in [9.17, 15) is 4.79 Å². The molecule has 0 saturated heterocycles. The van der Waals surface area contributed by atoms with E-state index < -0.39 is 5.97 Å². The second kappa shape index (κ2) is 2.85. The van der Waals surface area contributed by atoms with Gasteiger partial charge in [-0.15, -0.1) is 0 Å². The van der Waals surface area contributed by atoms with Crippen LogP contribution in [0.4, 0.5) is 0 Å². The van der Waals surface area contributed by atoms with Crippen LogP contribution in [0.5, 0.6) is 0 Å². The molecule has 0 amide bonds. The fourth-order valence-electron chi connectivity index (χ4n) is 1.56. The van der Waals surface area contributed by atoms with Gasteiger partial charge in [-0.25, -0.2) is 9.78 Å². The molecule has 1 aromatic rings. The molecule has 1 aliphatic rings.